The van der Waals surface area contributed by atoms with Crippen molar-refractivity contribution < 1.29 is 4.74 Å². The first-order valence-electron chi connectivity index (χ1n) is 5.04. The normalized spacial score (nSPS) is 42.2. The van der Waals surface area contributed by atoms with Crippen LogP contribution in [0.1, 0.15) is 25.7 Å². The Kier molecular flexibility index (Phi) is 2.31. The molecular formula is C11H17NO. The van der Waals surface area contributed by atoms with Crippen LogP contribution in [0.2, 0.25) is 0 Å². The molecule has 3 atom stereocenters. The topological polar surface area (TPSA) is 21.3 Å². The number of hydrogen-bond donors (Lipinski definition) is 1. The van der Waals surface area contributed by atoms with E-state index in [9.17, 15) is 0 Å². The summed E-state index contributed by atoms with van der Waals surface area (Å²) in [6.07, 6.45) is 10.8. The molecule has 2 fully saturated rings. The van der Waals surface area contributed by atoms with Crippen molar-refractivity contribution in [3.63, 3.8) is 0 Å². The fourth-order valence-electron chi connectivity index (χ4n) is 2.88. The van der Waals surface area contributed by atoms with Crippen molar-refractivity contribution in [3.8, 4) is 12.3 Å². The summed E-state index contributed by atoms with van der Waals surface area (Å²) in [5.74, 6) is 2.80. The van der Waals surface area contributed by atoms with Crippen molar-refractivity contribution in [1.29, 1.82) is 0 Å². The van der Waals surface area contributed by atoms with E-state index in [1.807, 2.05) is 7.05 Å². The Balaban J connectivity index is 2.11. The van der Waals surface area contributed by atoms with Crippen molar-refractivity contribution in [2.45, 2.75) is 37.9 Å². The Morgan fingerprint density at radius 3 is 2.92 bits per heavy atom. The summed E-state index contributed by atoms with van der Waals surface area (Å²) in [6, 6.07) is 0. The molecule has 72 valence electrons. The summed E-state index contributed by atoms with van der Waals surface area (Å²) >= 11 is 0. The van der Waals surface area contributed by atoms with Crippen LogP contribution in [0.3, 0.4) is 0 Å². The molecule has 2 heterocycles. The van der Waals surface area contributed by atoms with E-state index < -0.39 is 0 Å². The van der Waals surface area contributed by atoms with Gasteiger partial charge in [-0.1, -0.05) is 0 Å². The van der Waals surface area contributed by atoms with E-state index in [1.54, 1.807) is 0 Å². The smallest absolute Gasteiger partial charge is 0.0658 e. The molecule has 0 saturated carbocycles. The molecule has 2 bridgehead atoms. The van der Waals surface area contributed by atoms with E-state index in [4.69, 9.17) is 11.2 Å². The van der Waals surface area contributed by atoms with Crippen LogP contribution in [-0.2, 0) is 4.74 Å². The second kappa shape index (κ2) is 3.32. The van der Waals surface area contributed by atoms with E-state index in [-0.39, 0.29) is 5.41 Å². The van der Waals surface area contributed by atoms with Gasteiger partial charge in [0.1, 0.15) is 0 Å². The highest BCUT2D eigenvalue weighted by molar-refractivity contribution is 5.07. The fourth-order valence-corrected chi connectivity index (χ4v) is 2.88. The van der Waals surface area contributed by atoms with Crippen LogP contribution in [0.25, 0.3) is 0 Å². The summed E-state index contributed by atoms with van der Waals surface area (Å²) in [5.41, 5.74) is 0.242. The second-order valence-electron chi connectivity index (χ2n) is 4.30. The van der Waals surface area contributed by atoms with Gasteiger partial charge in [0.25, 0.3) is 0 Å². The molecule has 0 radical (unpaired) electrons. The Hall–Kier alpha value is -0.520. The molecule has 2 aliphatic rings. The average Bonchev–Trinajstić information content (AvgIpc) is 2.64. The molecule has 2 nitrogen and oxygen atoms in total. The monoisotopic (exact) mass is 179 g/mol. The number of hydrogen-bond acceptors (Lipinski definition) is 2. The highest BCUT2D eigenvalue weighted by atomic mass is 16.5. The lowest BCUT2D eigenvalue weighted by Crippen LogP contribution is -2.40. The van der Waals surface area contributed by atoms with Gasteiger partial charge in [0.2, 0.25) is 0 Å². The van der Waals surface area contributed by atoms with E-state index in [0.29, 0.717) is 12.2 Å². The molecule has 0 aliphatic carbocycles. The first-order valence-corrected chi connectivity index (χ1v) is 5.04. The lowest BCUT2D eigenvalue weighted by Gasteiger charge is -2.33. The van der Waals surface area contributed by atoms with Gasteiger partial charge in [-0.15, -0.1) is 12.3 Å². The first-order chi connectivity index (χ1) is 6.30. The van der Waals surface area contributed by atoms with E-state index in [2.05, 4.69) is 11.2 Å². The third kappa shape index (κ3) is 1.37. The molecule has 2 heteroatoms. The Morgan fingerprint density at radius 2 is 2.46 bits per heavy atom. The second-order valence-corrected chi connectivity index (χ2v) is 4.30. The maximum Gasteiger partial charge on any atom is 0.0658 e. The van der Waals surface area contributed by atoms with Crippen LogP contribution in [0.5, 0.6) is 0 Å². The quantitative estimate of drug-likeness (QED) is 0.657. The lowest BCUT2D eigenvalue weighted by atomic mass is 9.72. The highest BCUT2D eigenvalue weighted by Gasteiger charge is 2.51. The van der Waals surface area contributed by atoms with Crippen LogP contribution >= 0.6 is 0 Å². The Morgan fingerprint density at radius 1 is 1.62 bits per heavy atom. The molecular weight excluding hydrogens is 162 g/mol. The van der Waals surface area contributed by atoms with E-state index in [0.717, 1.165) is 19.4 Å². The van der Waals surface area contributed by atoms with E-state index in [1.165, 1.54) is 12.8 Å². The first kappa shape index (κ1) is 9.05. The van der Waals surface area contributed by atoms with Crippen LogP contribution in [0, 0.1) is 17.8 Å². The molecule has 3 unspecified atom stereocenters. The van der Waals surface area contributed by atoms with Crippen LogP contribution in [0.4, 0.5) is 0 Å². The summed E-state index contributed by atoms with van der Waals surface area (Å²) < 4.78 is 5.86. The molecule has 2 saturated heterocycles. The zero-order valence-electron chi connectivity index (χ0n) is 8.18. The largest absolute Gasteiger partial charge is 0.374 e. The van der Waals surface area contributed by atoms with Crippen LogP contribution in [-0.4, -0.2) is 25.8 Å². The minimum atomic E-state index is 0.242. The predicted octanol–water partition coefficient (Wildman–Crippen LogP) is 1.17. The van der Waals surface area contributed by atoms with Gasteiger partial charge in [-0.3, -0.25) is 0 Å². The summed E-state index contributed by atoms with van der Waals surface area (Å²) in [6.45, 7) is 0.998. The van der Waals surface area contributed by atoms with Gasteiger partial charge in [0.05, 0.1) is 12.2 Å². The molecule has 0 amide bonds. The van der Waals surface area contributed by atoms with Gasteiger partial charge in [0, 0.05) is 18.4 Å². The van der Waals surface area contributed by atoms with Crippen molar-refractivity contribution in [2.75, 3.05) is 13.6 Å². The minimum absolute atomic E-state index is 0.242. The zero-order valence-corrected chi connectivity index (χ0v) is 8.18. The Bertz CT molecular complexity index is 233. The maximum absolute atomic E-state index is 5.86. The SMILES string of the molecule is C#CCC1(CNC)CC2CCC1O2. The van der Waals surface area contributed by atoms with Crippen LogP contribution in [0.15, 0.2) is 0 Å². The van der Waals surface area contributed by atoms with E-state index >= 15 is 0 Å². The molecule has 2 aliphatic heterocycles. The van der Waals surface area contributed by atoms with Gasteiger partial charge < -0.3 is 10.1 Å². The van der Waals surface area contributed by atoms with Gasteiger partial charge in [-0.25, -0.2) is 0 Å². The van der Waals surface area contributed by atoms with Crippen molar-refractivity contribution in [2.24, 2.45) is 5.41 Å². The molecule has 13 heavy (non-hydrogen) atoms. The summed E-state index contributed by atoms with van der Waals surface area (Å²) in [7, 11) is 1.99. The summed E-state index contributed by atoms with van der Waals surface area (Å²) in [5, 5.41) is 3.24. The van der Waals surface area contributed by atoms with Gasteiger partial charge in [-0.05, 0) is 26.3 Å². The summed E-state index contributed by atoms with van der Waals surface area (Å²) in [4.78, 5) is 0. The molecule has 0 aromatic rings. The van der Waals surface area contributed by atoms with Gasteiger partial charge in [0.15, 0.2) is 0 Å². The number of fused-ring (bicyclic) bond motifs is 2. The van der Waals surface area contributed by atoms with Crippen molar-refractivity contribution >= 4 is 0 Å². The Labute approximate surface area is 80.0 Å². The average molecular weight is 179 g/mol. The molecule has 0 aromatic heterocycles. The molecule has 0 aromatic carbocycles. The van der Waals surface area contributed by atoms with Crippen LogP contribution < -0.4 is 5.32 Å². The number of rotatable bonds is 3. The molecule has 2 rings (SSSR count). The van der Waals surface area contributed by atoms with Crippen molar-refractivity contribution in [1.82, 2.24) is 5.32 Å². The van der Waals surface area contributed by atoms with Crippen molar-refractivity contribution in [3.05, 3.63) is 0 Å². The number of terminal acetylenes is 1. The maximum atomic E-state index is 5.86. The van der Waals surface area contributed by atoms with Gasteiger partial charge in [-0.2, -0.15) is 0 Å². The highest BCUT2D eigenvalue weighted by Crippen LogP contribution is 2.49. The standard InChI is InChI=1S/C11H17NO/c1-3-6-11(8-12-2)7-9-4-5-10(11)13-9/h1,9-10,12H,4-8H2,2H3. The number of ether oxygens (including phenoxy) is 1. The lowest BCUT2D eigenvalue weighted by molar-refractivity contribution is 0.0627. The minimum Gasteiger partial charge on any atom is -0.374 e. The number of nitrogens with one attached hydrogen (secondary N) is 1. The molecule has 1 N–H and O–H groups in total. The fraction of sp³-hybridized carbons (Fsp3) is 0.818. The van der Waals surface area contributed by atoms with Gasteiger partial charge >= 0.3 is 0 Å². The molecule has 0 spiro atoms. The predicted molar refractivity (Wildman–Crippen MR) is 52.3 cm³/mol. The third-order valence-electron chi connectivity index (χ3n) is 3.41. The third-order valence-corrected chi connectivity index (χ3v) is 3.41. The zero-order chi connectivity index (χ0) is 9.31.